The average molecular weight is 448 g/mol. The summed E-state index contributed by atoms with van der Waals surface area (Å²) >= 11 is 0. The van der Waals surface area contributed by atoms with Crippen molar-refractivity contribution in [3.63, 3.8) is 0 Å². The van der Waals surface area contributed by atoms with E-state index in [4.69, 9.17) is 0 Å². The lowest BCUT2D eigenvalue weighted by Gasteiger charge is -2.32. The number of pyridine rings is 1. The summed E-state index contributed by atoms with van der Waals surface area (Å²) in [7, 11) is 0. The number of hydrogen-bond donors (Lipinski definition) is 0. The molecule has 4 heterocycles. The molecule has 3 fully saturated rings. The number of amides is 3. The quantitative estimate of drug-likeness (QED) is 0.654. The highest BCUT2D eigenvalue weighted by Gasteiger charge is 2.47. The maximum Gasteiger partial charge on any atom is 0.233 e. The van der Waals surface area contributed by atoms with Crippen molar-refractivity contribution >= 4 is 17.7 Å². The molecule has 33 heavy (non-hydrogen) atoms. The van der Waals surface area contributed by atoms with Crippen molar-refractivity contribution in [3.8, 4) is 11.1 Å². The Morgan fingerprint density at radius 2 is 1.61 bits per heavy atom. The molecule has 2 saturated heterocycles. The van der Waals surface area contributed by atoms with Crippen molar-refractivity contribution in [2.24, 2.45) is 11.8 Å². The Kier molecular flexibility index (Phi) is 6.15. The van der Waals surface area contributed by atoms with E-state index in [-0.39, 0.29) is 48.4 Å². The first-order valence-electron chi connectivity index (χ1n) is 12.0. The fraction of sp³-hybridized carbons (Fsp3) is 0.520. The van der Waals surface area contributed by atoms with Gasteiger partial charge < -0.3 is 4.90 Å². The largest absolute Gasteiger partial charge is 0.343 e. The number of likely N-dealkylation sites (tertiary alicyclic amines) is 2. The highest BCUT2D eigenvalue weighted by molar-refractivity contribution is 6.05. The van der Waals surface area contributed by atoms with Crippen LogP contribution < -0.4 is 0 Å². The zero-order valence-corrected chi connectivity index (χ0v) is 18.7. The first-order chi connectivity index (χ1) is 16.1. The number of fused-ring (bicyclic) bond motifs is 1. The van der Waals surface area contributed by atoms with Crippen LogP contribution in [0.4, 0.5) is 0 Å². The van der Waals surface area contributed by atoms with Crippen LogP contribution in [0.5, 0.6) is 0 Å². The van der Waals surface area contributed by atoms with E-state index in [0.29, 0.717) is 13.1 Å². The normalized spacial score (nSPS) is 23.6. The second kappa shape index (κ2) is 9.37. The fourth-order valence-corrected chi connectivity index (χ4v) is 5.64. The Morgan fingerprint density at radius 3 is 2.27 bits per heavy atom. The summed E-state index contributed by atoms with van der Waals surface area (Å²) in [5.74, 6) is -0.169. The molecule has 0 N–H and O–H groups in total. The first kappa shape index (κ1) is 21.7. The van der Waals surface area contributed by atoms with Gasteiger partial charge in [-0.3, -0.25) is 24.3 Å². The molecule has 0 aromatic carbocycles. The van der Waals surface area contributed by atoms with E-state index in [1.807, 2.05) is 23.2 Å². The van der Waals surface area contributed by atoms with E-state index in [1.54, 1.807) is 18.7 Å². The van der Waals surface area contributed by atoms with Crippen molar-refractivity contribution in [2.75, 3.05) is 19.6 Å². The van der Waals surface area contributed by atoms with Crippen molar-refractivity contribution in [3.05, 3.63) is 42.7 Å². The Hall–Kier alpha value is -3.16. The van der Waals surface area contributed by atoms with Gasteiger partial charge in [0.05, 0.1) is 17.5 Å². The van der Waals surface area contributed by atoms with E-state index >= 15 is 0 Å². The van der Waals surface area contributed by atoms with E-state index in [2.05, 4.69) is 15.0 Å². The SMILES string of the molecule is O=C(CCN1C(=O)[C@H]2CCCC[C@@H]2C1=O)N1CCC(c2ncncc2-c2ccncc2)CC1. The standard InChI is InChI=1S/C25H29N5O3/c31-22(9-14-30-24(32)19-3-1-2-4-20(19)25(30)33)29-12-7-18(8-13-29)23-21(15-27-16-28-23)17-5-10-26-11-6-17/h5-6,10-11,15-16,18-20H,1-4,7-9,12-14H2/t19-,20-/m0/s1. The maximum atomic E-state index is 12.9. The molecule has 0 radical (unpaired) electrons. The minimum atomic E-state index is -0.153. The zero-order valence-electron chi connectivity index (χ0n) is 18.7. The molecule has 0 bridgehead atoms. The van der Waals surface area contributed by atoms with E-state index in [1.165, 1.54) is 4.90 Å². The summed E-state index contributed by atoms with van der Waals surface area (Å²) < 4.78 is 0. The smallest absolute Gasteiger partial charge is 0.233 e. The molecule has 1 aliphatic carbocycles. The molecule has 8 nitrogen and oxygen atoms in total. The van der Waals surface area contributed by atoms with E-state index < -0.39 is 0 Å². The molecule has 172 valence electrons. The van der Waals surface area contributed by atoms with Crippen molar-refractivity contribution in [1.82, 2.24) is 24.8 Å². The summed E-state index contributed by atoms with van der Waals surface area (Å²) in [6.07, 6.45) is 12.4. The second-order valence-corrected chi connectivity index (χ2v) is 9.29. The summed E-state index contributed by atoms with van der Waals surface area (Å²) in [5, 5.41) is 0. The lowest BCUT2D eigenvalue weighted by molar-refractivity contribution is -0.141. The van der Waals surface area contributed by atoms with Gasteiger partial charge in [-0.2, -0.15) is 0 Å². The van der Waals surface area contributed by atoms with Crippen LogP contribution in [0, 0.1) is 11.8 Å². The zero-order chi connectivity index (χ0) is 22.8. The summed E-state index contributed by atoms with van der Waals surface area (Å²) in [5.41, 5.74) is 3.07. The molecule has 3 amide bonds. The molecule has 8 heteroatoms. The minimum Gasteiger partial charge on any atom is -0.343 e. The van der Waals surface area contributed by atoms with Crippen LogP contribution in [0.15, 0.2) is 37.1 Å². The van der Waals surface area contributed by atoms with Gasteiger partial charge in [0.15, 0.2) is 0 Å². The maximum absolute atomic E-state index is 12.9. The van der Waals surface area contributed by atoms with Gasteiger partial charge in [-0.15, -0.1) is 0 Å². The number of aromatic nitrogens is 3. The summed E-state index contributed by atoms with van der Waals surface area (Å²) in [6.45, 7) is 1.51. The highest BCUT2D eigenvalue weighted by atomic mass is 16.2. The third-order valence-corrected chi connectivity index (χ3v) is 7.45. The minimum absolute atomic E-state index is 0.0148. The first-order valence-corrected chi connectivity index (χ1v) is 12.0. The van der Waals surface area contributed by atoms with Gasteiger partial charge in [0, 0.05) is 56.1 Å². The number of carbonyl (C=O) groups is 3. The van der Waals surface area contributed by atoms with Crippen LogP contribution in [0.3, 0.4) is 0 Å². The van der Waals surface area contributed by atoms with Crippen molar-refractivity contribution < 1.29 is 14.4 Å². The van der Waals surface area contributed by atoms with E-state index in [0.717, 1.165) is 55.3 Å². The summed E-state index contributed by atoms with van der Waals surface area (Å²) in [4.78, 5) is 54.2. The number of rotatable bonds is 5. The average Bonchev–Trinajstić information content (AvgIpc) is 3.12. The number of imide groups is 1. The van der Waals surface area contributed by atoms with Crippen LogP contribution in [0.25, 0.3) is 11.1 Å². The third kappa shape index (κ3) is 4.26. The molecule has 2 aromatic heterocycles. The Labute approximate surface area is 193 Å². The van der Waals surface area contributed by atoms with Crippen LogP contribution in [0.1, 0.15) is 56.6 Å². The lowest BCUT2D eigenvalue weighted by atomic mass is 9.81. The summed E-state index contributed by atoms with van der Waals surface area (Å²) in [6, 6.07) is 3.91. The van der Waals surface area contributed by atoms with Gasteiger partial charge >= 0.3 is 0 Å². The van der Waals surface area contributed by atoms with Gasteiger partial charge in [0.25, 0.3) is 0 Å². The Bertz CT molecular complexity index is 1010. The predicted octanol–water partition coefficient (Wildman–Crippen LogP) is 2.81. The van der Waals surface area contributed by atoms with Gasteiger partial charge in [0.1, 0.15) is 6.33 Å². The van der Waals surface area contributed by atoms with Gasteiger partial charge in [0.2, 0.25) is 17.7 Å². The molecule has 2 aliphatic heterocycles. The molecule has 0 spiro atoms. The van der Waals surface area contributed by atoms with Crippen molar-refractivity contribution in [2.45, 2.75) is 50.9 Å². The lowest BCUT2D eigenvalue weighted by Crippen LogP contribution is -2.41. The van der Waals surface area contributed by atoms with Crippen LogP contribution in [-0.2, 0) is 14.4 Å². The van der Waals surface area contributed by atoms with Crippen LogP contribution >= 0.6 is 0 Å². The van der Waals surface area contributed by atoms with Crippen molar-refractivity contribution in [1.29, 1.82) is 0 Å². The molecule has 2 atom stereocenters. The molecule has 2 aromatic rings. The van der Waals surface area contributed by atoms with Gasteiger partial charge in [-0.05, 0) is 43.4 Å². The molecular weight excluding hydrogens is 418 g/mol. The highest BCUT2D eigenvalue weighted by Crippen LogP contribution is 2.38. The predicted molar refractivity (Wildman–Crippen MR) is 121 cm³/mol. The molecule has 3 aliphatic rings. The monoisotopic (exact) mass is 447 g/mol. The number of piperidine rings is 1. The molecular formula is C25H29N5O3. The topological polar surface area (TPSA) is 96.4 Å². The number of hydrogen-bond acceptors (Lipinski definition) is 6. The number of carbonyl (C=O) groups excluding carboxylic acids is 3. The van der Waals surface area contributed by atoms with E-state index in [9.17, 15) is 14.4 Å². The molecule has 0 unspecified atom stereocenters. The Morgan fingerprint density at radius 1 is 0.939 bits per heavy atom. The van der Waals surface area contributed by atoms with Gasteiger partial charge in [-0.25, -0.2) is 9.97 Å². The molecule has 1 saturated carbocycles. The number of nitrogens with zero attached hydrogens (tertiary/aromatic N) is 5. The van der Waals surface area contributed by atoms with Crippen LogP contribution in [-0.4, -0.2) is 62.1 Å². The second-order valence-electron chi connectivity index (χ2n) is 9.29. The van der Waals surface area contributed by atoms with Gasteiger partial charge in [-0.1, -0.05) is 12.8 Å². The van der Waals surface area contributed by atoms with Crippen LogP contribution in [0.2, 0.25) is 0 Å². The Balaban J connectivity index is 1.17. The molecule has 5 rings (SSSR count). The fourth-order valence-electron chi connectivity index (χ4n) is 5.64. The third-order valence-electron chi connectivity index (χ3n) is 7.45.